The summed E-state index contributed by atoms with van der Waals surface area (Å²) in [6.45, 7) is 0. The Bertz CT molecular complexity index is 9.61. The molecule has 4 heavy (non-hydrogen) atoms. The minimum atomic E-state index is 0. The van der Waals surface area contributed by atoms with Crippen molar-refractivity contribution in [2.75, 3.05) is 0 Å². The maximum atomic E-state index is 2.25. The van der Waals surface area contributed by atoms with Crippen molar-refractivity contribution in [2.24, 2.45) is 0 Å². The molecular formula is H3FeNaSe2. The van der Waals surface area contributed by atoms with Gasteiger partial charge in [0.1, 0.15) is 0 Å². The van der Waals surface area contributed by atoms with Gasteiger partial charge in [-0.2, -0.15) is 0 Å². The van der Waals surface area contributed by atoms with Crippen molar-refractivity contribution < 1.29 is 48.1 Å². The van der Waals surface area contributed by atoms with E-state index < -0.39 is 0 Å². The van der Waals surface area contributed by atoms with E-state index in [9.17, 15) is 0 Å². The molecule has 0 aliphatic heterocycles. The van der Waals surface area contributed by atoms with E-state index in [2.05, 4.69) is 28.4 Å². The molecule has 0 fully saturated rings. The van der Waals surface area contributed by atoms with Gasteiger partial charge in [-0.1, -0.05) is 0 Å². The number of rotatable bonds is 0. The van der Waals surface area contributed by atoms with Gasteiger partial charge in [-0.3, -0.25) is 0 Å². The van der Waals surface area contributed by atoms with Crippen LogP contribution in [0.3, 0.4) is 0 Å². The van der Waals surface area contributed by atoms with Crippen molar-refractivity contribution in [1.82, 2.24) is 0 Å². The molecule has 0 aliphatic rings. The van der Waals surface area contributed by atoms with Crippen molar-refractivity contribution in [3.8, 4) is 0 Å². The first-order valence-corrected chi connectivity index (χ1v) is 5.40. The third-order valence-electron chi connectivity index (χ3n) is 0. The second-order valence-electron chi connectivity index (χ2n) is 0. The Hall–Kier alpha value is 2.56. The molecule has 0 N–H and O–H groups in total. The first kappa shape index (κ1) is 16.0. The maximum absolute atomic E-state index is 2.25. The first-order chi connectivity index (χ1) is 1.00. The van der Waals surface area contributed by atoms with E-state index in [1.807, 2.05) is 0 Å². The zero-order valence-electron chi connectivity index (χ0n) is 3.25. The zero-order chi connectivity index (χ0) is 2.00. The summed E-state index contributed by atoms with van der Waals surface area (Å²) in [5.74, 6) is 0. The molecule has 0 unspecified atom stereocenters. The summed E-state index contributed by atoms with van der Waals surface area (Å²) < 4.78 is 0. The van der Waals surface area contributed by atoms with Gasteiger partial charge in [-0.05, 0) is 0 Å². The van der Waals surface area contributed by atoms with Crippen LogP contribution in [0.1, 0.15) is 1.43 Å². The van der Waals surface area contributed by atoms with Gasteiger partial charge in [-0.25, -0.2) is 0 Å². The Labute approximate surface area is 75.3 Å². The molecule has 0 aromatic heterocycles. The molecule has 0 aromatic carbocycles. The van der Waals surface area contributed by atoms with Gasteiger partial charge in [0, 0.05) is 17.1 Å². The minimum absolute atomic E-state index is 0. The van der Waals surface area contributed by atoms with Gasteiger partial charge in [0.25, 0.3) is 0 Å². The Morgan fingerprint density at radius 1 is 1.25 bits per heavy atom. The van der Waals surface area contributed by atoms with Gasteiger partial charge in [0.15, 0.2) is 0 Å². The summed E-state index contributed by atoms with van der Waals surface area (Å²) in [7, 11) is 0. The molecule has 0 radical (unpaired) electrons. The van der Waals surface area contributed by atoms with Crippen LogP contribution in [-0.4, -0.2) is 28.4 Å². The van der Waals surface area contributed by atoms with E-state index in [0.29, 0.717) is 0 Å². The fraction of sp³-hybridized carbons (Fsp3) is 0. The van der Waals surface area contributed by atoms with Crippen LogP contribution in [0, 0.1) is 0 Å². The molecule has 4 heteroatoms. The summed E-state index contributed by atoms with van der Waals surface area (Å²) in [6, 6.07) is 0. The molecule has 0 spiro atoms. The Morgan fingerprint density at radius 2 is 1.25 bits per heavy atom. The van der Waals surface area contributed by atoms with Crippen molar-refractivity contribution in [1.29, 1.82) is 0 Å². The van der Waals surface area contributed by atoms with Crippen molar-refractivity contribution in [2.45, 2.75) is 0 Å². The van der Waals surface area contributed by atoms with Gasteiger partial charge in [0.2, 0.25) is 0 Å². The number of hydrogen-bond acceptors (Lipinski definition) is 0. The van der Waals surface area contributed by atoms with Crippen molar-refractivity contribution >= 4 is 28.4 Å². The second-order valence-corrected chi connectivity index (χ2v) is 0. The average molecular weight is 240 g/mol. The second kappa shape index (κ2) is 17.6. The first-order valence-electron chi connectivity index (χ1n) is 0.200. The van der Waals surface area contributed by atoms with E-state index in [1.54, 1.807) is 0 Å². The van der Waals surface area contributed by atoms with E-state index >= 15 is 0 Å². The molecule has 0 heterocycles. The molecule has 0 aromatic rings. The van der Waals surface area contributed by atoms with Crippen molar-refractivity contribution in [3.05, 3.63) is 0 Å². The third-order valence-corrected chi connectivity index (χ3v) is 0. The van der Waals surface area contributed by atoms with Crippen LogP contribution >= 0.6 is 0 Å². The Balaban J connectivity index is -0.00000000167. The molecular weight excluding hydrogens is 237 g/mol. The molecule has 0 atom stereocenters. The fourth-order valence-corrected chi connectivity index (χ4v) is 0. The molecule has 24 valence electrons. The van der Waals surface area contributed by atoms with Crippen LogP contribution in [-0.2, 0) is 17.1 Å². The van der Waals surface area contributed by atoms with E-state index in [-0.39, 0.29) is 48.1 Å². The van der Waals surface area contributed by atoms with Gasteiger partial charge in [0.05, 0.1) is 0 Å². The standard InChI is InChI=1S/Fe.Na.H2Se2.H/c;;1-2;/h;;1-2H;/q;+1;;-1. The average Bonchev–Trinajstić information content (AvgIpc) is 1.00. The van der Waals surface area contributed by atoms with Crippen LogP contribution < -0.4 is 29.6 Å². The van der Waals surface area contributed by atoms with Crippen LogP contribution in [0.4, 0.5) is 0 Å². The molecule has 0 saturated heterocycles. The SMILES string of the molecule is [Fe].[H-].[Na+].[SeH][SeH]. The summed E-state index contributed by atoms with van der Waals surface area (Å²) in [6.07, 6.45) is 0. The number of hydrogen-bond donors (Lipinski definition) is 0. The topological polar surface area (TPSA) is 0 Å². The summed E-state index contributed by atoms with van der Waals surface area (Å²) in [5, 5.41) is 0. The summed E-state index contributed by atoms with van der Waals surface area (Å²) in [5.41, 5.74) is 0. The summed E-state index contributed by atoms with van der Waals surface area (Å²) >= 11 is 4.50. The molecule has 0 bridgehead atoms. The molecule has 0 amide bonds. The fourth-order valence-electron chi connectivity index (χ4n) is 0. The van der Waals surface area contributed by atoms with Crippen LogP contribution in [0.5, 0.6) is 0 Å². The normalized spacial score (nSPS) is 1.50. The van der Waals surface area contributed by atoms with Crippen LogP contribution in [0.15, 0.2) is 0 Å². The van der Waals surface area contributed by atoms with Crippen LogP contribution in [0.25, 0.3) is 0 Å². The van der Waals surface area contributed by atoms with Gasteiger partial charge in [-0.15, -0.1) is 0 Å². The van der Waals surface area contributed by atoms with E-state index in [0.717, 1.165) is 0 Å². The Morgan fingerprint density at radius 3 is 1.25 bits per heavy atom. The van der Waals surface area contributed by atoms with Gasteiger partial charge >= 0.3 is 57.9 Å². The third kappa shape index (κ3) is 8.82. The van der Waals surface area contributed by atoms with E-state index in [1.165, 1.54) is 0 Å². The molecule has 0 saturated carbocycles. The van der Waals surface area contributed by atoms with Gasteiger partial charge < -0.3 is 1.43 Å². The van der Waals surface area contributed by atoms with Crippen molar-refractivity contribution in [3.63, 3.8) is 0 Å². The quantitative estimate of drug-likeness (QED) is 0.377. The predicted molar refractivity (Wildman–Crippen MR) is 15.4 cm³/mol. The molecule has 0 aliphatic carbocycles. The predicted octanol–water partition coefficient (Wildman–Crippen LogP) is -4.18. The molecule has 0 nitrogen and oxygen atoms in total. The van der Waals surface area contributed by atoms with Crippen LogP contribution in [0.2, 0.25) is 0 Å². The zero-order valence-corrected chi connectivity index (χ0v) is 9.11. The summed E-state index contributed by atoms with van der Waals surface area (Å²) in [4.78, 5) is 0. The van der Waals surface area contributed by atoms with E-state index in [4.69, 9.17) is 0 Å². The molecule has 0 rings (SSSR count). The monoisotopic (exact) mass is 242 g/mol. The Kier molecular flexibility index (Phi) is 70.6.